The second-order valence-electron chi connectivity index (χ2n) is 5.17. The fraction of sp³-hybridized carbons (Fsp3) is 0.833. The van der Waals surface area contributed by atoms with Crippen molar-refractivity contribution in [2.75, 3.05) is 6.61 Å². The summed E-state index contributed by atoms with van der Waals surface area (Å²) in [6.07, 6.45) is 3.15. The zero-order chi connectivity index (χ0) is 10.4. The van der Waals surface area contributed by atoms with Crippen LogP contribution in [0.5, 0.6) is 0 Å². The second kappa shape index (κ2) is 3.07. The molecule has 1 spiro atoms. The van der Waals surface area contributed by atoms with Crippen molar-refractivity contribution in [2.45, 2.75) is 51.4 Å². The lowest BCUT2D eigenvalue weighted by atomic mass is 9.84. The number of ether oxygens (including phenoxy) is 2. The molecule has 0 saturated carbocycles. The normalized spacial score (nSPS) is 40.6. The molecule has 2 heterocycles. The van der Waals surface area contributed by atoms with Crippen LogP contribution in [0.4, 0.5) is 0 Å². The standard InChI is InChI=1S/C12H20O2/c1-9(2)10-8-12(6-5-7-13-12)14-11(10,3)4/h10H,1,5-8H2,2-4H3/t10?,12-/m0/s1. The molecule has 14 heavy (non-hydrogen) atoms. The number of hydrogen-bond acceptors (Lipinski definition) is 2. The van der Waals surface area contributed by atoms with E-state index < -0.39 is 0 Å². The zero-order valence-corrected chi connectivity index (χ0v) is 9.43. The van der Waals surface area contributed by atoms with Crippen LogP contribution in [0.15, 0.2) is 12.2 Å². The van der Waals surface area contributed by atoms with Gasteiger partial charge in [-0.2, -0.15) is 0 Å². The molecule has 2 aliphatic rings. The zero-order valence-electron chi connectivity index (χ0n) is 9.43. The summed E-state index contributed by atoms with van der Waals surface area (Å²) in [5.74, 6) is 0.147. The quantitative estimate of drug-likeness (QED) is 0.600. The Balaban J connectivity index is 2.19. The van der Waals surface area contributed by atoms with E-state index in [0.29, 0.717) is 5.92 Å². The molecule has 0 aromatic carbocycles. The van der Waals surface area contributed by atoms with E-state index in [2.05, 4.69) is 27.4 Å². The Morgan fingerprint density at radius 2 is 2.14 bits per heavy atom. The highest BCUT2D eigenvalue weighted by Gasteiger charge is 2.53. The molecule has 2 saturated heterocycles. The van der Waals surface area contributed by atoms with E-state index in [9.17, 15) is 0 Å². The highest BCUT2D eigenvalue weighted by molar-refractivity contribution is 5.10. The van der Waals surface area contributed by atoms with Crippen molar-refractivity contribution >= 4 is 0 Å². The van der Waals surface area contributed by atoms with E-state index in [1.807, 2.05) is 0 Å². The molecule has 2 nitrogen and oxygen atoms in total. The van der Waals surface area contributed by atoms with Gasteiger partial charge in [-0.15, -0.1) is 0 Å². The monoisotopic (exact) mass is 196 g/mol. The van der Waals surface area contributed by atoms with E-state index >= 15 is 0 Å². The minimum Gasteiger partial charge on any atom is -0.350 e. The summed E-state index contributed by atoms with van der Waals surface area (Å²) in [6.45, 7) is 11.3. The van der Waals surface area contributed by atoms with Crippen LogP contribution >= 0.6 is 0 Å². The summed E-state index contributed by atoms with van der Waals surface area (Å²) in [5, 5.41) is 0. The van der Waals surface area contributed by atoms with Crippen LogP contribution in [-0.4, -0.2) is 18.0 Å². The third-order valence-electron chi connectivity index (χ3n) is 3.47. The minimum atomic E-state index is -0.285. The molecule has 2 fully saturated rings. The molecule has 2 aliphatic heterocycles. The Hall–Kier alpha value is -0.340. The lowest BCUT2D eigenvalue weighted by Crippen LogP contribution is -2.32. The molecule has 0 radical (unpaired) electrons. The highest BCUT2D eigenvalue weighted by atomic mass is 16.7. The fourth-order valence-corrected chi connectivity index (χ4v) is 2.83. The molecule has 0 aromatic rings. The first-order chi connectivity index (χ1) is 6.45. The van der Waals surface area contributed by atoms with Gasteiger partial charge in [0.1, 0.15) is 0 Å². The van der Waals surface area contributed by atoms with Crippen LogP contribution in [0, 0.1) is 5.92 Å². The molecular formula is C12H20O2. The van der Waals surface area contributed by atoms with Gasteiger partial charge in [0.05, 0.1) is 12.2 Å². The maximum Gasteiger partial charge on any atom is 0.169 e. The molecule has 2 rings (SSSR count). The molecular weight excluding hydrogens is 176 g/mol. The minimum absolute atomic E-state index is 0.115. The van der Waals surface area contributed by atoms with Crippen molar-refractivity contribution < 1.29 is 9.47 Å². The molecule has 0 aliphatic carbocycles. The lowest BCUT2D eigenvalue weighted by Gasteiger charge is -2.28. The maximum atomic E-state index is 6.09. The van der Waals surface area contributed by atoms with Gasteiger partial charge >= 0.3 is 0 Å². The predicted molar refractivity (Wildman–Crippen MR) is 56.0 cm³/mol. The van der Waals surface area contributed by atoms with Crippen LogP contribution in [-0.2, 0) is 9.47 Å². The van der Waals surface area contributed by atoms with Crippen LogP contribution < -0.4 is 0 Å². The maximum absolute atomic E-state index is 6.09. The van der Waals surface area contributed by atoms with E-state index in [-0.39, 0.29) is 11.4 Å². The van der Waals surface area contributed by atoms with Crippen molar-refractivity contribution in [2.24, 2.45) is 5.92 Å². The summed E-state index contributed by atoms with van der Waals surface area (Å²) < 4.78 is 11.8. The van der Waals surface area contributed by atoms with Gasteiger partial charge in [0.25, 0.3) is 0 Å². The third-order valence-corrected chi connectivity index (χ3v) is 3.47. The van der Waals surface area contributed by atoms with Gasteiger partial charge in [-0.25, -0.2) is 0 Å². The topological polar surface area (TPSA) is 18.5 Å². The van der Waals surface area contributed by atoms with Crippen LogP contribution in [0.25, 0.3) is 0 Å². The molecule has 0 N–H and O–H groups in total. The third kappa shape index (κ3) is 1.51. The van der Waals surface area contributed by atoms with Gasteiger partial charge in [-0.3, -0.25) is 0 Å². The van der Waals surface area contributed by atoms with Crippen LogP contribution in [0.1, 0.15) is 40.0 Å². The van der Waals surface area contributed by atoms with E-state index in [1.165, 1.54) is 5.57 Å². The van der Waals surface area contributed by atoms with Gasteiger partial charge in [-0.1, -0.05) is 12.2 Å². The summed E-state index contributed by atoms with van der Waals surface area (Å²) in [4.78, 5) is 0. The SMILES string of the molecule is C=C(C)C1C[C@]2(CCCO2)OC1(C)C. The summed E-state index contributed by atoms with van der Waals surface area (Å²) in [5.41, 5.74) is 1.10. The Bertz CT molecular complexity index is 249. The molecule has 80 valence electrons. The van der Waals surface area contributed by atoms with Gasteiger partial charge in [0, 0.05) is 18.8 Å². The number of hydrogen-bond donors (Lipinski definition) is 0. The van der Waals surface area contributed by atoms with Gasteiger partial charge in [0.2, 0.25) is 0 Å². The average Bonchev–Trinajstić information content (AvgIpc) is 2.57. The van der Waals surface area contributed by atoms with Gasteiger partial charge in [0.15, 0.2) is 5.79 Å². The Labute approximate surface area is 86.3 Å². The molecule has 2 atom stereocenters. The Morgan fingerprint density at radius 1 is 1.43 bits per heavy atom. The van der Waals surface area contributed by atoms with E-state index in [4.69, 9.17) is 9.47 Å². The fourth-order valence-electron chi connectivity index (χ4n) is 2.83. The predicted octanol–water partition coefficient (Wildman–Crippen LogP) is 2.88. The van der Waals surface area contributed by atoms with E-state index in [1.54, 1.807) is 0 Å². The second-order valence-corrected chi connectivity index (χ2v) is 5.17. The first-order valence-corrected chi connectivity index (χ1v) is 5.45. The first-order valence-electron chi connectivity index (χ1n) is 5.45. The largest absolute Gasteiger partial charge is 0.350 e. The Morgan fingerprint density at radius 3 is 2.57 bits per heavy atom. The van der Waals surface area contributed by atoms with Crippen molar-refractivity contribution in [3.63, 3.8) is 0 Å². The van der Waals surface area contributed by atoms with Crippen molar-refractivity contribution in [3.8, 4) is 0 Å². The molecule has 0 bridgehead atoms. The van der Waals surface area contributed by atoms with E-state index in [0.717, 1.165) is 25.9 Å². The summed E-state index contributed by atoms with van der Waals surface area (Å²) in [6, 6.07) is 0. The van der Waals surface area contributed by atoms with Crippen LogP contribution in [0.2, 0.25) is 0 Å². The van der Waals surface area contributed by atoms with Gasteiger partial charge in [-0.05, 0) is 27.2 Å². The van der Waals surface area contributed by atoms with Gasteiger partial charge < -0.3 is 9.47 Å². The Kier molecular flexibility index (Phi) is 2.24. The molecule has 0 amide bonds. The van der Waals surface area contributed by atoms with Crippen molar-refractivity contribution in [1.82, 2.24) is 0 Å². The first kappa shape index (κ1) is 10.2. The number of rotatable bonds is 1. The molecule has 0 aromatic heterocycles. The smallest absolute Gasteiger partial charge is 0.169 e. The molecule has 1 unspecified atom stereocenters. The van der Waals surface area contributed by atoms with Crippen molar-refractivity contribution in [3.05, 3.63) is 12.2 Å². The highest BCUT2D eigenvalue weighted by Crippen LogP contribution is 2.49. The summed E-state index contributed by atoms with van der Waals surface area (Å²) in [7, 11) is 0. The van der Waals surface area contributed by atoms with Crippen LogP contribution in [0.3, 0.4) is 0 Å². The molecule has 2 heteroatoms. The lowest BCUT2D eigenvalue weighted by molar-refractivity contribution is -0.220. The average molecular weight is 196 g/mol. The van der Waals surface area contributed by atoms with Crippen molar-refractivity contribution in [1.29, 1.82) is 0 Å². The summed E-state index contributed by atoms with van der Waals surface area (Å²) >= 11 is 0.